The first-order valence-corrected chi connectivity index (χ1v) is 10.8. The van der Waals surface area contributed by atoms with Crippen molar-refractivity contribution in [2.75, 3.05) is 36.2 Å². The number of anilines is 3. The van der Waals surface area contributed by atoms with Gasteiger partial charge in [0.25, 0.3) is 0 Å². The summed E-state index contributed by atoms with van der Waals surface area (Å²) in [6.07, 6.45) is 1.93. The molecule has 168 valence electrons. The molecule has 31 heavy (non-hydrogen) atoms. The molecule has 1 aromatic heterocycles. The average molecular weight is 466 g/mol. The summed E-state index contributed by atoms with van der Waals surface area (Å²) >= 11 is 12.0. The lowest BCUT2D eigenvalue weighted by atomic mass is 10.1. The number of hydrogen-bond acceptors (Lipinski definition) is 7. The van der Waals surface area contributed by atoms with Crippen molar-refractivity contribution in [3.63, 3.8) is 0 Å². The fraction of sp³-hybridized carbons (Fsp3) is 0.429. The maximum Gasteiger partial charge on any atom is 0.340 e. The van der Waals surface area contributed by atoms with Crippen LogP contribution < -0.4 is 16.0 Å². The smallest absolute Gasteiger partial charge is 0.340 e. The summed E-state index contributed by atoms with van der Waals surface area (Å²) in [5, 5.41) is 19.2. The predicted octanol–water partition coefficient (Wildman–Crippen LogP) is 3.95. The number of hydrogen-bond donors (Lipinski definition) is 4. The summed E-state index contributed by atoms with van der Waals surface area (Å²) in [5.41, 5.74) is 3.68. The second-order valence-corrected chi connectivity index (χ2v) is 7.48. The van der Waals surface area contributed by atoms with E-state index in [2.05, 4.69) is 25.9 Å². The van der Waals surface area contributed by atoms with Crippen LogP contribution in [0.5, 0.6) is 0 Å². The number of rotatable bonds is 9. The van der Waals surface area contributed by atoms with Crippen LogP contribution in [0.15, 0.2) is 12.1 Å². The van der Waals surface area contributed by atoms with Crippen molar-refractivity contribution in [2.24, 2.45) is 0 Å². The fourth-order valence-corrected chi connectivity index (χ4v) is 3.47. The van der Waals surface area contributed by atoms with E-state index in [0.717, 1.165) is 17.1 Å². The van der Waals surface area contributed by atoms with E-state index in [1.807, 2.05) is 20.8 Å². The normalized spacial score (nSPS) is 10.5. The Morgan fingerprint density at radius 1 is 1.13 bits per heavy atom. The van der Waals surface area contributed by atoms with Crippen LogP contribution in [0, 0.1) is 6.92 Å². The second kappa shape index (κ2) is 11.8. The molecule has 4 N–H and O–H groups in total. The highest BCUT2D eigenvalue weighted by Gasteiger charge is 2.20. The monoisotopic (exact) mass is 465 g/mol. The fourth-order valence-electron chi connectivity index (χ4n) is 3.06. The van der Waals surface area contributed by atoms with Crippen molar-refractivity contribution < 1.29 is 14.6 Å². The van der Waals surface area contributed by atoms with Crippen LogP contribution in [0.2, 0.25) is 5.02 Å². The SMILES string of the molecule is CCc1nc(C)nc(CC)c1NC(=S)Nc1c(Cl)ccc(C(=O)OC)c1NCCCO. The van der Waals surface area contributed by atoms with Gasteiger partial charge in [-0.15, -0.1) is 0 Å². The van der Waals surface area contributed by atoms with E-state index in [9.17, 15) is 4.79 Å². The molecule has 10 heteroatoms. The van der Waals surface area contributed by atoms with E-state index in [4.69, 9.17) is 33.7 Å². The van der Waals surface area contributed by atoms with Gasteiger partial charge in [0, 0.05) is 13.2 Å². The van der Waals surface area contributed by atoms with Gasteiger partial charge in [-0.1, -0.05) is 25.4 Å². The van der Waals surface area contributed by atoms with Gasteiger partial charge < -0.3 is 25.8 Å². The molecule has 0 bridgehead atoms. The molecule has 1 heterocycles. The largest absolute Gasteiger partial charge is 0.465 e. The Kier molecular flexibility index (Phi) is 9.42. The number of ether oxygens (including phenoxy) is 1. The number of carbonyl (C=O) groups excluding carboxylic acids is 1. The highest BCUT2D eigenvalue weighted by atomic mass is 35.5. The van der Waals surface area contributed by atoms with E-state index in [-0.39, 0.29) is 11.7 Å². The van der Waals surface area contributed by atoms with Crippen LogP contribution in [-0.4, -0.2) is 46.4 Å². The molecule has 0 aliphatic carbocycles. The van der Waals surface area contributed by atoms with E-state index in [1.54, 1.807) is 12.1 Å². The molecule has 1 aromatic carbocycles. The Morgan fingerprint density at radius 2 is 1.74 bits per heavy atom. The van der Waals surface area contributed by atoms with Crippen LogP contribution in [0.1, 0.15) is 47.8 Å². The number of aryl methyl sites for hydroxylation is 3. The lowest BCUT2D eigenvalue weighted by molar-refractivity contribution is 0.0602. The van der Waals surface area contributed by atoms with Crippen LogP contribution in [0.25, 0.3) is 0 Å². The lowest BCUT2D eigenvalue weighted by Crippen LogP contribution is -2.24. The Hall–Kier alpha value is -2.49. The zero-order chi connectivity index (χ0) is 23.0. The van der Waals surface area contributed by atoms with E-state index in [0.29, 0.717) is 53.6 Å². The van der Waals surface area contributed by atoms with Gasteiger partial charge in [-0.3, -0.25) is 0 Å². The first-order valence-electron chi connectivity index (χ1n) is 10.1. The number of aliphatic hydroxyl groups is 1. The Labute approximate surface area is 192 Å². The average Bonchev–Trinajstić information content (AvgIpc) is 2.76. The van der Waals surface area contributed by atoms with Gasteiger partial charge in [0.05, 0.1) is 46.1 Å². The number of nitrogens with zero attached hydrogens (tertiary/aromatic N) is 2. The molecule has 0 radical (unpaired) electrons. The minimum Gasteiger partial charge on any atom is -0.465 e. The van der Waals surface area contributed by atoms with Crippen molar-refractivity contribution in [1.82, 2.24) is 9.97 Å². The number of methoxy groups -OCH3 is 1. The molecule has 8 nitrogen and oxygen atoms in total. The molecule has 0 saturated carbocycles. The highest BCUT2D eigenvalue weighted by Crippen LogP contribution is 2.34. The van der Waals surface area contributed by atoms with Crippen molar-refractivity contribution in [2.45, 2.75) is 40.0 Å². The standard InChI is InChI=1S/C21H28ClN5O3S/c1-5-15-19(16(6-2)25-12(3)24-15)27-21(31)26-18-14(22)9-8-13(20(29)30-4)17(18)23-10-7-11-28/h8-9,23,28H,5-7,10-11H2,1-4H3,(H2,26,27,31). The number of carbonyl (C=O) groups is 1. The van der Waals surface area contributed by atoms with E-state index >= 15 is 0 Å². The van der Waals surface area contributed by atoms with Crippen LogP contribution >= 0.6 is 23.8 Å². The van der Waals surface area contributed by atoms with Gasteiger partial charge in [0.1, 0.15) is 5.82 Å². The summed E-state index contributed by atoms with van der Waals surface area (Å²) in [7, 11) is 1.31. The van der Waals surface area contributed by atoms with Gasteiger partial charge in [-0.2, -0.15) is 0 Å². The summed E-state index contributed by atoms with van der Waals surface area (Å²) in [6.45, 7) is 6.34. The molecule has 0 unspecified atom stereocenters. The zero-order valence-corrected chi connectivity index (χ0v) is 19.7. The molecule has 2 rings (SSSR count). The zero-order valence-electron chi connectivity index (χ0n) is 18.1. The molecule has 0 atom stereocenters. The topological polar surface area (TPSA) is 108 Å². The maximum atomic E-state index is 12.3. The number of nitrogens with one attached hydrogen (secondary N) is 3. The van der Waals surface area contributed by atoms with Gasteiger partial charge >= 0.3 is 5.97 Å². The van der Waals surface area contributed by atoms with Crippen LogP contribution in [-0.2, 0) is 17.6 Å². The Morgan fingerprint density at radius 3 is 2.29 bits per heavy atom. The minimum atomic E-state index is -0.515. The van der Waals surface area contributed by atoms with Crippen molar-refractivity contribution >= 4 is 52.0 Å². The first-order chi connectivity index (χ1) is 14.9. The number of aromatic nitrogens is 2. The van der Waals surface area contributed by atoms with Gasteiger partial charge in [-0.25, -0.2) is 14.8 Å². The molecule has 0 spiro atoms. The Balaban J connectivity index is 2.39. The number of thiocarbonyl (C=S) groups is 1. The van der Waals surface area contributed by atoms with Crippen molar-refractivity contribution in [3.8, 4) is 0 Å². The third-order valence-electron chi connectivity index (χ3n) is 4.51. The van der Waals surface area contributed by atoms with Gasteiger partial charge in [0.15, 0.2) is 5.11 Å². The second-order valence-electron chi connectivity index (χ2n) is 6.67. The third-order valence-corrected chi connectivity index (χ3v) is 5.03. The highest BCUT2D eigenvalue weighted by molar-refractivity contribution is 7.80. The molecule has 0 aliphatic heterocycles. The lowest BCUT2D eigenvalue weighted by Gasteiger charge is -2.20. The van der Waals surface area contributed by atoms with Crippen LogP contribution in [0.4, 0.5) is 17.1 Å². The number of halogens is 1. The third kappa shape index (κ3) is 6.25. The van der Waals surface area contributed by atoms with Crippen molar-refractivity contribution in [3.05, 3.63) is 39.9 Å². The molecular formula is C21H28ClN5O3S. The van der Waals surface area contributed by atoms with E-state index < -0.39 is 5.97 Å². The number of esters is 1. The molecule has 0 aliphatic rings. The number of benzene rings is 1. The first kappa shape index (κ1) is 24.8. The summed E-state index contributed by atoms with van der Waals surface area (Å²) in [6, 6.07) is 3.18. The number of aliphatic hydroxyl groups excluding tert-OH is 1. The summed E-state index contributed by atoms with van der Waals surface area (Å²) in [4.78, 5) is 21.3. The molecule has 0 amide bonds. The van der Waals surface area contributed by atoms with Crippen molar-refractivity contribution in [1.29, 1.82) is 0 Å². The van der Waals surface area contributed by atoms with Gasteiger partial charge in [0.2, 0.25) is 0 Å². The molecule has 0 saturated heterocycles. The maximum absolute atomic E-state index is 12.3. The Bertz CT molecular complexity index is 930. The predicted molar refractivity (Wildman–Crippen MR) is 128 cm³/mol. The molecular weight excluding hydrogens is 438 g/mol. The van der Waals surface area contributed by atoms with Gasteiger partial charge in [-0.05, 0) is 50.5 Å². The summed E-state index contributed by atoms with van der Waals surface area (Å²) in [5.74, 6) is 0.195. The minimum absolute atomic E-state index is 0.0108. The molecule has 0 fully saturated rings. The van der Waals surface area contributed by atoms with Crippen LogP contribution in [0.3, 0.4) is 0 Å². The quantitative estimate of drug-likeness (QED) is 0.248. The van der Waals surface area contributed by atoms with E-state index in [1.165, 1.54) is 7.11 Å². The molecule has 2 aromatic rings. The summed E-state index contributed by atoms with van der Waals surface area (Å²) < 4.78 is 4.89.